The van der Waals surface area contributed by atoms with Crippen molar-refractivity contribution in [3.8, 4) is 0 Å². The molecule has 1 aromatic rings. The van der Waals surface area contributed by atoms with E-state index < -0.39 is 0 Å². The van der Waals surface area contributed by atoms with Crippen LogP contribution in [-0.4, -0.2) is 18.1 Å². The number of nitrogens with two attached hydrogens (primary N) is 1. The zero-order valence-electron chi connectivity index (χ0n) is 9.20. The maximum atomic E-state index is 5.54. The molecule has 14 heavy (non-hydrogen) atoms. The summed E-state index contributed by atoms with van der Waals surface area (Å²) < 4.78 is 0. The van der Waals surface area contributed by atoms with Crippen molar-refractivity contribution in [1.29, 1.82) is 0 Å². The van der Waals surface area contributed by atoms with Crippen LogP contribution >= 0.6 is 0 Å². The molecule has 0 aliphatic rings. The average Bonchev–Trinajstić information content (AvgIpc) is 2.20. The van der Waals surface area contributed by atoms with Gasteiger partial charge in [0.2, 0.25) is 0 Å². The van der Waals surface area contributed by atoms with Crippen molar-refractivity contribution in [3.63, 3.8) is 0 Å². The van der Waals surface area contributed by atoms with Crippen molar-refractivity contribution in [3.05, 3.63) is 18.3 Å². The summed E-state index contributed by atoms with van der Waals surface area (Å²) in [5.74, 6) is 0.576. The summed E-state index contributed by atoms with van der Waals surface area (Å²) in [7, 11) is 2.10. The normalized spacial score (nSPS) is 10.6. The molecule has 2 N–H and O–H groups in total. The van der Waals surface area contributed by atoms with Gasteiger partial charge in [0.1, 0.15) is 5.82 Å². The molecular weight excluding hydrogens is 174 g/mol. The van der Waals surface area contributed by atoms with Gasteiger partial charge in [0, 0.05) is 13.1 Å². The summed E-state index contributed by atoms with van der Waals surface area (Å²) in [6.07, 6.45) is 4.13. The van der Waals surface area contributed by atoms with E-state index >= 15 is 0 Å². The zero-order valence-corrected chi connectivity index (χ0v) is 9.20. The number of aromatic nitrogens is 1. The van der Waals surface area contributed by atoms with Crippen LogP contribution < -0.4 is 10.6 Å². The van der Waals surface area contributed by atoms with Gasteiger partial charge >= 0.3 is 0 Å². The Kier molecular flexibility index (Phi) is 3.74. The Bertz CT molecular complexity index is 264. The number of hydrogen-bond acceptors (Lipinski definition) is 3. The predicted molar refractivity (Wildman–Crippen MR) is 61.4 cm³/mol. The summed E-state index contributed by atoms with van der Waals surface area (Å²) in [6.45, 7) is 4.41. The standard InChI is InChI=1S/C11H19N3/c1-4-9(5-2)14(3)10-6-7-11(12)13-8-10/h6-9H,4-5H2,1-3H3,(H2,12,13). The third-order valence-corrected chi connectivity index (χ3v) is 2.67. The van der Waals surface area contributed by atoms with Crippen molar-refractivity contribution < 1.29 is 0 Å². The molecule has 78 valence electrons. The largest absolute Gasteiger partial charge is 0.384 e. The molecule has 3 heteroatoms. The highest BCUT2D eigenvalue weighted by atomic mass is 15.1. The van der Waals surface area contributed by atoms with Crippen LogP contribution in [-0.2, 0) is 0 Å². The molecule has 1 aromatic heterocycles. The highest BCUT2D eigenvalue weighted by Crippen LogP contribution is 2.17. The lowest BCUT2D eigenvalue weighted by Crippen LogP contribution is -2.30. The Morgan fingerprint density at radius 2 is 2.00 bits per heavy atom. The quantitative estimate of drug-likeness (QED) is 0.797. The first-order valence-electron chi connectivity index (χ1n) is 5.13. The summed E-state index contributed by atoms with van der Waals surface area (Å²) in [6, 6.07) is 4.44. The summed E-state index contributed by atoms with van der Waals surface area (Å²) in [4.78, 5) is 6.34. The maximum absolute atomic E-state index is 5.54. The molecule has 0 radical (unpaired) electrons. The van der Waals surface area contributed by atoms with E-state index in [1.807, 2.05) is 18.3 Å². The Balaban J connectivity index is 2.77. The number of rotatable bonds is 4. The lowest BCUT2D eigenvalue weighted by Gasteiger charge is -2.28. The van der Waals surface area contributed by atoms with Crippen molar-refractivity contribution >= 4 is 11.5 Å². The number of nitrogens with zero attached hydrogens (tertiary/aromatic N) is 2. The van der Waals surface area contributed by atoms with E-state index in [0.717, 1.165) is 18.5 Å². The first-order valence-corrected chi connectivity index (χ1v) is 5.13. The second-order valence-corrected chi connectivity index (χ2v) is 3.52. The van der Waals surface area contributed by atoms with Gasteiger partial charge in [-0.25, -0.2) is 4.98 Å². The van der Waals surface area contributed by atoms with Crippen molar-refractivity contribution in [2.75, 3.05) is 17.7 Å². The smallest absolute Gasteiger partial charge is 0.123 e. The molecule has 0 unspecified atom stereocenters. The molecule has 1 rings (SSSR count). The molecular formula is C11H19N3. The summed E-state index contributed by atoms with van der Waals surface area (Å²) in [5.41, 5.74) is 6.67. The number of pyridine rings is 1. The Labute approximate surface area is 85.9 Å². The molecule has 0 saturated carbocycles. The van der Waals surface area contributed by atoms with Crippen molar-refractivity contribution in [2.45, 2.75) is 32.7 Å². The molecule has 0 atom stereocenters. The predicted octanol–water partition coefficient (Wildman–Crippen LogP) is 2.29. The first-order chi connectivity index (χ1) is 6.69. The monoisotopic (exact) mass is 193 g/mol. The van der Waals surface area contributed by atoms with Crippen LogP contribution in [0.5, 0.6) is 0 Å². The van der Waals surface area contributed by atoms with E-state index in [-0.39, 0.29) is 0 Å². The van der Waals surface area contributed by atoms with Gasteiger partial charge < -0.3 is 10.6 Å². The summed E-state index contributed by atoms with van der Waals surface area (Å²) >= 11 is 0. The van der Waals surface area contributed by atoms with Crippen LogP contribution in [0.1, 0.15) is 26.7 Å². The van der Waals surface area contributed by atoms with Gasteiger partial charge in [-0.3, -0.25) is 0 Å². The molecule has 0 aliphatic carbocycles. The second-order valence-electron chi connectivity index (χ2n) is 3.52. The van der Waals surface area contributed by atoms with Crippen molar-refractivity contribution in [2.24, 2.45) is 0 Å². The number of nitrogen functional groups attached to an aromatic ring is 1. The zero-order chi connectivity index (χ0) is 10.6. The van der Waals surface area contributed by atoms with Gasteiger partial charge in [-0.15, -0.1) is 0 Å². The van der Waals surface area contributed by atoms with Crippen LogP contribution in [0.3, 0.4) is 0 Å². The molecule has 0 bridgehead atoms. The minimum absolute atomic E-state index is 0.576. The fourth-order valence-corrected chi connectivity index (χ4v) is 1.65. The molecule has 0 saturated heterocycles. The van der Waals surface area contributed by atoms with Crippen molar-refractivity contribution in [1.82, 2.24) is 4.98 Å². The molecule has 0 spiro atoms. The SMILES string of the molecule is CCC(CC)N(C)c1ccc(N)nc1. The van der Waals surface area contributed by atoms with E-state index in [4.69, 9.17) is 5.73 Å². The van der Waals surface area contributed by atoms with E-state index in [9.17, 15) is 0 Å². The third kappa shape index (κ3) is 2.37. The molecule has 1 heterocycles. The first kappa shape index (κ1) is 10.8. The fourth-order valence-electron chi connectivity index (χ4n) is 1.65. The molecule has 3 nitrogen and oxygen atoms in total. The molecule has 0 aromatic carbocycles. The van der Waals surface area contributed by atoms with E-state index in [0.29, 0.717) is 11.9 Å². The maximum Gasteiger partial charge on any atom is 0.123 e. The van der Waals surface area contributed by atoms with Gasteiger partial charge in [-0.2, -0.15) is 0 Å². The molecule has 0 amide bonds. The fraction of sp³-hybridized carbons (Fsp3) is 0.545. The minimum Gasteiger partial charge on any atom is -0.384 e. The summed E-state index contributed by atoms with van der Waals surface area (Å²) in [5, 5.41) is 0. The van der Waals surface area contributed by atoms with Gasteiger partial charge in [0.25, 0.3) is 0 Å². The highest BCUT2D eigenvalue weighted by Gasteiger charge is 2.10. The topological polar surface area (TPSA) is 42.1 Å². The Hall–Kier alpha value is -1.25. The Morgan fingerprint density at radius 3 is 2.43 bits per heavy atom. The lowest BCUT2D eigenvalue weighted by atomic mass is 10.1. The second kappa shape index (κ2) is 4.84. The molecule has 0 aliphatic heterocycles. The molecule has 0 fully saturated rings. The van der Waals surface area contributed by atoms with Gasteiger partial charge in [0.05, 0.1) is 11.9 Å². The van der Waals surface area contributed by atoms with E-state index in [1.54, 1.807) is 0 Å². The van der Waals surface area contributed by atoms with Gasteiger partial charge in [-0.1, -0.05) is 13.8 Å². The van der Waals surface area contributed by atoms with Crippen LogP contribution in [0.2, 0.25) is 0 Å². The number of anilines is 2. The van der Waals surface area contributed by atoms with Gasteiger partial charge in [0.15, 0.2) is 0 Å². The van der Waals surface area contributed by atoms with Crippen LogP contribution in [0.25, 0.3) is 0 Å². The third-order valence-electron chi connectivity index (χ3n) is 2.67. The van der Waals surface area contributed by atoms with Crippen LogP contribution in [0, 0.1) is 0 Å². The van der Waals surface area contributed by atoms with E-state index in [2.05, 4.69) is 30.8 Å². The Morgan fingerprint density at radius 1 is 1.36 bits per heavy atom. The highest BCUT2D eigenvalue weighted by molar-refractivity contribution is 5.48. The number of hydrogen-bond donors (Lipinski definition) is 1. The average molecular weight is 193 g/mol. The van der Waals surface area contributed by atoms with Crippen LogP contribution in [0.15, 0.2) is 18.3 Å². The minimum atomic E-state index is 0.576. The van der Waals surface area contributed by atoms with Crippen LogP contribution in [0.4, 0.5) is 11.5 Å². The van der Waals surface area contributed by atoms with Gasteiger partial charge in [-0.05, 0) is 25.0 Å². The van der Waals surface area contributed by atoms with E-state index in [1.165, 1.54) is 0 Å². The lowest BCUT2D eigenvalue weighted by molar-refractivity contribution is 0.591.